The molecule has 0 spiro atoms. The summed E-state index contributed by atoms with van der Waals surface area (Å²) in [5.41, 5.74) is -0.342. The fourth-order valence-electron chi connectivity index (χ4n) is 2.89. The summed E-state index contributed by atoms with van der Waals surface area (Å²) in [5, 5.41) is 12.3. The summed E-state index contributed by atoms with van der Waals surface area (Å²) in [7, 11) is 0. The first kappa shape index (κ1) is 23.6. The Kier molecular flexibility index (Phi) is 14.6. The van der Waals surface area contributed by atoms with Crippen LogP contribution in [0.5, 0.6) is 0 Å². The van der Waals surface area contributed by atoms with Crippen LogP contribution in [0, 0.1) is 0 Å². The number of aliphatic hydroxyl groups excluding tert-OH is 1. The molecule has 0 aliphatic rings. The molecule has 2 N–H and O–H groups in total. The van der Waals surface area contributed by atoms with Crippen molar-refractivity contribution in [3.05, 3.63) is 0 Å². The van der Waals surface area contributed by atoms with E-state index in [1.807, 2.05) is 6.26 Å². The van der Waals surface area contributed by atoms with E-state index in [0.29, 0.717) is 0 Å². The molecule has 0 aliphatic heterocycles. The quantitative estimate of drug-likeness (QED) is 0.424. The van der Waals surface area contributed by atoms with Crippen molar-refractivity contribution in [2.24, 2.45) is 0 Å². The summed E-state index contributed by atoms with van der Waals surface area (Å²) in [6.07, 6.45) is 11.8. The molecule has 0 heterocycles. The van der Waals surface area contributed by atoms with E-state index >= 15 is 0 Å². The second-order valence-corrected chi connectivity index (χ2v) is 7.67. The van der Waals surface area contributed by atoms with E-state index in [-0.39, 0.29) is 24.3 Å². The van der Waals surface area contributed by atoms with Crippen LogP contribution in [0.15, 0.2) is 0 Å². The van der Waals surface area contributed by atoms with Crippen molar-refractivity contribution < 1.29 is 14.6 Å². The fraction of sp³-hybridized carbons (Fsp3) is 0.947. The standard InChI is InChI=1S/C19H39NO3S/c1-5-8-12-19(13-9-6-2,14-10-7-3)23-18(22)20-17(16-21)11-15-24-4/h17,21H,5-16H2,1-4H3,(H,20,22). The van der Waals surface area contributed by atoms with Crippen LogP contribution in [0.25, 0.3) is 0 Å². The molecule has 0 aromatic heterocycles. The van der Waals surface area contributed by atoms with E-state index in [9.17, 15) is 9.90 Å². The van der Waals surface area contributed by atoms with Crippen LogP contribution in [-0.2, 0) is 4.74 Å². The van der Waals surface area contributed by atoms with Crippen LogP contribution in [0.1, 0.15) is 85.0 Å². The summed E-state index contributed by atoms with van der Waals surface area (Å²) in [6.45, 7) is 6.49. The Balaban J connectivity index is 4.85. The summed E-state index contributed by atoms with van der Waals surface area (Å²) in [4.78, 5) is 12.4. The molecular weight excluding hydrogens is 322 g/mol. The van der Waals surface area contributed by atoms with Crippen LogP contribution in [0.4, 0.5) is 4.79 Å². The fourth-order valence-corrected chi connectivity index (χ4v) is 3.41. The second kappa shape index (κ2) is 14.9. The highest BCUT2D eigenvalue weighted by molar-refractivity contribution is 7.98. The van der Waals surface area contributed by atoms with Gasteiger partial charge in [0.25, 0.3) is 0 Å². The highest BCUT2D eigenvalue weighted by Crippen LogP contribution is 2.32. The third-order valence-corrected chi connectivity index (χ3v) is 5.12. The number of carbonyl (C=O) groups is 1. The molecule has 144 valence electrons. The molecule has 0 saturated carbocycles. The van der Waals surface area contributed by atoms with Crippen LogP contribution >= 0.6 is 11.8 Å². The summed E-state index contributed by atoms with van der Waals surface area (Å²) in [6, 6.07) is -0.217. The zero-order chi connectivity index (χ0) is 18.3. The molecule has 0 aromatic carbocycles. The predicted octanol–water partition coefficient (Wildman–Crippen LogP) is 5.14. The van der Waals surface area contributed by atoms with Gasteiger partial charge in [0.2, 0.25) is 0 Å². The Hall–Kier alpha value is -0.420. The molecule has 24 heavy (non-hydrogen) atoms. The van der Waals surface area contributed by atoms with Gasteiger partial charge in [0.05, 0.1) is 12.6 Å². The predicted molar refractivity (Wildman–Crippen MR) is 105 cm³/mol. The van der Waals surface area contributed by atoms with Gasteiger partial charge in [-0.15, -0.1) is 0 Å². The summed E-state index contributed by atoms with van der Waals surface area (Å²) < 4.78 is 5.99. The van der Waals surface area contributed by atoms with Gasteiger partial charge < -0.3 is 15.2 Å². The lowest BCUT2D eigenvalue weighted by molar-refractivity contribution is -0.0157. The lowest BCUT2D eigenvalue weighted by atomic mass is 9.86. The minimum atomic E-state index is -0.363. The van der Waals surface area contributed by atoms with Crippen molar-refractivity contribution in [3.8, 4) is 0 Å². The van der Waals surface area contributed by atoms with Gasteiger partial charge >= 0.3 is 6.09 Å². The molecule has 0 saturated heterocycles. The van der Waals surface area contributed by atoms with Crippen molar-refractivity contribution in [3.63, 3.8) is 0 Å². The van der Waals surface area contributed by atoms with Crippen LogP contribution in [-0.4, -0.2) is 41.5 Å². The Morgan fingerprint density at radius 1 is 1.08 bits per heavy atom. The van der Waals surface area contributed by atoms with Gasteiger partial charge in [-0.25, -0.2) is 4.79 Å². The smallest absolute Gasteiger partial charge is 0.407 e. The first-order chi connectivity index (χ1) is 11.6. The molecule has 0 fully saturated rings. The number of unbranched alkanes of at least 4 members (excludes halogenated alkanes) is 3. The van der Waals surface area contributed by atoms with Gasteiger partial charge in [-0.1, -0.05) is 40.0 Å². The Morgan fingerprint density at radius 2 is 1.58 bits per heavy atom. The van der Waals surface area contributed by atoms with E-state index in [0.717, 1.165) is 70.0 Å². The number of aliphatic hydroxyl groups is 1. The molecule has 5 heteroatoms. The average molecular weight is 362 g/mol. The van der Waals surface area contributed by atoms with E-state index in [1.54, 1.807) is 11.8 Å². The van der Waals surface area contributed by atoms with Crippen molar-refractivity contribution >= 4 is 17.9 Å². The number of ether oxygens (including phenoxy) is 1. The minimum absolute atomic E-state index is 0.0401. The Bertz CT molecular complexity index is 291. The Labute approximate surface area is 153 Å². The molecule has 0 bridgehead atoms. The number of rotatable bonds is 15. The third kappa shape index (κ3) is 10.4. The molecular formula is C19H39NO3S. The van der Waals surface area contributed by atoms with Crippen molar-refractivity contribution in [1.29, 1.82) is 0 Å². The zero-order valence-electron chi connectivity index (χ0n) is 16.2. The van der Waals surface area contributed by atoms with Crippen LogP contribution < -0.4 is 5.32 Å². The van der Waals surface area contributed by atoms with E-state index < -0.39 is 0 Å². The van der Waals surface area contributed by atoms with Crippen LogP contribution in [0.3, 0.4) is 0 Å². The second-order valence-electron chi connectivity index (χ2n) is 6.69. The molecule has 0 rings (SSSR count). The van der Waals surface area contributed by atoms with Crippen LogP contribution in [0.2, 0.25) is 0 Å². The molecule has 1 unspecified atom stereocenters. The highest BCUT2D eigenvalue weighted by Gasteiger charge is 2.33. The number of thioether (sulfide) groups is 1. The van der Waals surface area contributed by atoms with E-state index in [4.69, 9.17) is 4.74 Å². The molecule has 0 aliphatic carbocycles. The maximum absolute atomic E-state index is 12.4. The van der Waals surface area contributed by atoms with Crippen molar-refractivity contribution in [2.45, 2.75) is 96.6 Å². The number of carbonyl (C=O) groups excluding carboxylic acids is 1. The lowest BCUT2D eigenvalue weighted by Crippen LogP contribution is -2.44. The number of nitrogens with one attached hydrogen (secondary N) is 1. The maximum Gasteiger partial charge on any atom is 0.407 e. The lowest BCUT2D eigenvalue weighted by Gasteiger charge is -2.34. The third-order valence-electron chi connectivity index (χ3n) is 4.48. The molecule has 1 amide bonds. The topological polar surface area (TPSA) is 58.6 Å². The molecule has 4 nitrogen and oxygen atoms in total. The number of hydrogen-bond acceptors (Lipinski definition) is 4. The van der Waals surface area contributed by atoms with Crippen molar-refractivity contribution in [1.82, 2.24) is 5.32 Å². The van der Waals surface area contributed by atoms with Gasteiger partial charge in [0.15, 0.2) is 0 Å². The first-order valence-corrected chi connectivity index (χ1v) is 11.1. The number of alkyl carbamates (subject to hydrolysis) is 1. The van der Waals surface area contributed by atoms with E-state index in [2.05, 4.69) is 26.1 Å². The SMILES string of the molecule is CCCCC(CCCC)(CCCC)OC(=O)NC(CO)CCSC. The summed E-state index contributed by atoms with van der Waals surface area (Å²) in [5.74, 6) is 0.915. The van der Waals surface area contributed by atoms with Gasteiger partial charge in [-0.3, -0.25) is 0 Å². The number of amides is 1. The largest absolute Gasteiger partial charge is 0.443 e. The first-order valence-electron chi connectivity index (χ1n) is 9.66. The summed E-state index contributed by atoms with van der Waals surface area (Å²) >= 11 is 1.72. The van der Waals surface area contributed by atoms with E-state index in [1.165, 1.54) is 0 Å². The van der Waals surface area contributed by atoms with Gasteiger partial charge in [-0.2, -0.15) is 11.8 Å². The van der Waals surface area contributed by atoms with Gasteiger partial charge in [0.1, 0.15) is 5.60 Å². The van der Waals surface area contributed by atoms with Crippen molar-refractivity contribution in [2.75, 3.05) is 18.6 Å². The van der Waals surface area contributed by atoms with Gasteiger partial charge in [-0.05, 0) is 57.0 Å². The number of hydrogen-bond donors (Lipinski definition) is 2. The molecule has 0 aromatic rings. The molecule has 0 radical (unpaired) electrons. The highest BCUT2D eigenvalue weighted by atomic mass is 32.2. The Morgan fingerprint density at radius 3 is 1.96 bits per heavy atom. The maximum atomic E-state index is 12.4. The van der Waals surface area contributed by atoms with Gasteiger partial charge in [0, 0.05) is 0 Å². The monoisotopic (exact) mass is 361 g/mol. The normalized spacial score (nSPS) is 12.9. The molecule has 1 atom stereocenters. The zero-order valence-corrected chi connectivity index (χ0v) is 17.1. The average Bonchev–Trinajstić information content (AvgIpc) is 2.59. The minimum Gasteiger partial charge on any atom is -0.443 e.